The third kappa shape index (κ3) is 5.78. The minimum Gasteiger partial charge on any atom is -0.475 e. The first kappa shape index (κ1) is 21.4. The van der Waals surface area contributed by atoms with Gasteiger partial charge in [-0.05, 0) is 31.5 Å². The molecule has 0 spiro atoms. The molecule has 0 saturated heterocycles. The summed E-state index contributed by atoms with van der Waals surface area (Å²) in [5.74, 6) is -2.67. The summed E-state index contributed by atoms with van der Waals surface area (Å²) in [5, 5.41) is 8.16. The van der Waals surface area contributed by atoms with Crippen LogP contribution in [0.25, 0.3) is 10.2 Å². The summed E-state index contributed by atoms with van der Waals surface area (Å²) in [4.78, 5) is 34.3. The van der Waals surface area contributed by atoms with E-state index in [4.69, 9.17) is 9.90 Å². The van der Waals surface area contributed by atoms with Gasteiger partial charge in [0, 0.05) is 31.0 Å². The second-order valence-electron chi connectivity index (χ2n) is 5.72. The van der Waals surface area contributed by atoms with E-state index >= 15 is 0 Å². The van der Waals surface area contributed by atoms with Gasteiger partial charge in [0.2, 0.25) is 5.91 Å². The van der Waals surface area contributed by atoms with Crippen LogP contribution in [0.15, 0.2) is 30.7 Å². The van der Waals surface area contributed by atoms with Gasteiger partial charge in [-0.3, -0.25) is 4.79 Å². The minimum absolute atomic E-state index is 0.0881. The number of aryl methyl sites for hydroxylation is 2. The number of aliphatic carboxylic acids is 1. The van der Waals surface area contributed by atoms with Gasteiger partial charge in [0.05, 0.1) is 21.6 Å². The van der Waals surface area contributed by atoms with Crippen molar-refractivity contribution in [1.29, 1.82) is 0 Å². The first-order valence-electron chi connectivity index (χ1n) is 7.99. The highest BCUT2D eigenvalue weighted by Crippen LogP contribution is 2.26. The van der Waals surface area contributed by atoms with Crippen LogP contribution in [0.3, 0.4) is 0 Å². The first-order valence-corrected chi connectivity index (χ1v) is 8.80. The number of carbonyl (C=O) groups excluding carboxylic acids is 1. The van der Waals surface area contributed by atoms with Crippen molar-refractivity contribution in [2.24, 2.45) is 0 Å². The Labute approximate surface area is 161 Å². The van der Waals surface area contributed by atoms with E-state index in [-0.39, 0.29) is 5.91 Å². The molecular weight excluding hydrogens is 397 g/mol. The van der Waals surface area contributed by atoms with Crippen LogP contribution in [0.2, 0.25) is 0 Å². The number of anilines is 1. The van der Waals surface area contributed by atoms with Crippen molar-refractivity contribution in [2.75, 3.05) is 11.9 Å². The zero-order chi connectivity index (χ0) is 20.9. The van der Waals surface area contributed by atoms with Gasteiger partial charge >= 0.3 is 12.1 Å². The number of benzene rings is 1. The Kier molecular flexibility index (Phi) is 6.73. The van der Waals surface area contributed by atoms with Crippen LogP contribution < -0.4 is 4.90 Å². The van der Waals surface area contributed by atoms with Crippen LogP contribution in [0.1, 0.15) is 17.1 Å². The quantitative estimate of drug-likeness (QED) is 0.680. The van der Waals surface area contributed by atoms with Crippen LogP contribution in [0.5, 0.6) is 0 Å². The Hall–Kier alpha value is -2.95. The zero-order valence-electron chi connectivity index (χ0n) is 14.9. The fraction of sp³-hybridized carbons (Fsp3) is 0.294. The number of aromatic amines is 1. The Morgan fingerprint density at radius 3 is 2.57 bits per heavy atom. The van der Waals surface area contributed by atoms with Gasteiger partial charge in [0.15, 0.2) is 0 Å². The number of nitrogens with one attached hydrogen (secondary N) is 1. The van der Waals surface area contributed by atoms with E-state index in [9.17, 15) is 18.0 Å². The van der Waals surface area contributed by atoms with E-state index in [1.165, 1.54) is 0 Å². The van der Waals surface area contributed by atoms with E-state index < -0.39 is 12.1 Å². The van der Waals surface area contributed by atoms with E-state index in [1.807, 2.05) is 32.2 Å². The van der Waals surface area contributed by atoms with Crippen molar-refractivity contribution in [3.8, 4) is 0 Å². The molecule has 11 heteroatoms. The van der Waals surface area contributed by atoms with Crippen molar-refractivity contribution >= 4 is 39.1 Å². The molecule has 0 radical (unpaired) electrons. The first-order chi connectivity index (χ1) is 13.1. The Morgan fingerprint density at radius 1 is 1.32 bits per heavy atom. The number of carboxylic acids is 1. The lowest BCUT2D eigenvalue weighted by Crippen LogP contribution is -2.26. The van der Waals surface area contributed by atoms with Gasteiger partial charge in [-0.25, -0.2) is 14.8 Å². The number of thiazole rings is 1. The molecular formula is C17H17F3N4O3S. The number of imidazole rings is 1. The monoisotopic (exact) mass is 414 g/mol. The molecule has 0 unspecified atom stereocenters. The summed E-state index contributed by atoms with van der Waals surface area (Å²) in [5.41, 5.74) is 2.87. The Bertz CT molecular complexity index is 954. The van der Waals surface area contributed by atoms with Gasteiger partial charge in [-0.15, -0.1) is 11.3 Å². The van der Waals surface area contributed by atoms with E-state index in [0.717, 1.165) is 26.6 Å². The lowest BCUT2D eigenvalue weighted by Gasteiger charge is -2.17. The van der Waals surface area contributed by atoms with Crippen molar-refractivity contribution in [2.45, 2.75) is 25.9 Å². The predicted molar refractivity (Wildman–Crippen MR) is 98.4 cm³/mol. The average molecular weight is 414 g/mol. The third-order valence-corrected chi connectivity index (χ3v) is 4.58. The number of carbonyl (C=O) groups is 2. The maximum absolute atomic E-state index is 12.3. The summed E-state index contributed by atoms with van der Waals surface area (Å²) in [6.45, 7) is 1.99. The Balaban J connectivity index is 0.000000345. The van der Waals surface area contributed by atoms with Crippen LogP contribution in [0.4, 0.5) is 18.9 Å². The van der Waals surface area contributed by atoms with Crippen LogP contribution in [-0.4, -0.2) is 45.2 Å². The highest BCUT2D eigenvalue weighted by atomic mass is 32.1. The molecule has 0 atom stereocenters. The smallest absolute Gasteiger partial charge is 0.475 e. The molecule has 0 aliphatic rings. The Morgan fingerprint density at radius 2 is 2.00 bits per heavy atom. The minimum atomic E-state index is -5.08. The molecule has 3 rings (SSSR count). The van der Waals surface area contributed by atoms with Gasteiger partial charge in [0.25, 0.3) is 0 Å². The number of fused-ring (bicyclic) bond motifs is 1. The van der Waals surface area contributed by atoms with Crippen LogP contribution in [-0.2, 0) is 16.0 Å². The number of amides is 1. The number of alkyl halides is 3. The zero-order valence-corrected chi connectivity index (χ0v) is 15.8. The number of carboxylic acid groups (broad SMARTS) is 1. The largest absolute Gasteiger partial charge is 0.490 e. The molecule has 0 fully saturated rings. The number of nitrogens with zero attached hydrogens (tertiary/aromatic N) is 3. The summed E-state index contributed by atoms with van der Waals surface area (Å²) in [6.07, 6.45) is -0.577. The van der Waals surface area contributed by atoms with Crippen molar-refractivity contribution < 1.29 is 27.9 Å². The molecule has 150 valence electrons. The maximum Gasteiger partial charge on any atom is 0.490 e. The number of rotatable bonds is 4. The lowest BCUT2D eigenvalue weighted by molar-refractivity contribution is -0.192. The summed E-state index contributed by atoms with van der Waals surface area (Å²) in [6, 6.07) is 5.93. The maximum atomic E-state index is 12.3. The highest BCUT2D eigenvalue weighted by Gasteiger charge is 2.38. The van der Waals surface area contributed by atoms with Crippen molar-refractivity contribution in [3.05, 3.63) is 41.4 Å². The number of H-pyrrole nitrogens is 1. The van der Waals surface area contributed by atoms with E-state index in [1.54, 1.807) is 28.8 Å². The van der Waals surface area contributed by atoms with E-state index in [2.05, 4.69) is 15.0 Å². The number of aromatic nitrogens is 3. The second-order valence-corrected chi connectivity index (χ2v) is 6.95. The molecule has 0 aliphatic heterocycles. The molecule has 28 heavy (non-hydrogen) atoms. The van der Waals surface area contributed by atoms with Gasteiger partial charge in [-0.1, -0.05) is 0 Å². The van der Waals surface area contributed by atoms with Crippen LogP contribution in [0, 0.1) is 6.92 Å². The van der Waals surface area contributed by atoms with Gasteiger partial charge in [-0.2, -0.15) is 13.2 Å². The molecule has 0 saturated carbocycles. The van der Waals surface area contributed by atoms with Gasteiger partial charge < -0.3 is 15.0 Å². The highest BCUT2D eigenvalue weighted by molar-refractivity contribution is 7.18. The number of hydrogen-bond acceptors (Lipinski definition) is 5. The van der Waals surface area contributed by atoms with Gasteiger partial charge in [0.1, 0.15) is 0 Å². The van der Waals surface area contributed by atoms with Crippen LogP contribution >= 0.6 is 11.3 Å². The molecule has 1 aromatic carbocycles. The SMILES string of the molecule is Cc1nc2ccc(N(C)C(=O)CCc3cnc[nH]3)cc2s1.O=C(O)C(F)(F)F. The topological polar surface area (TPSA) is 99.2 Å². The summed E-state index contributed by atoms with van der Waals surface area (Å²) in [7, 11) is 1.81. The predicted octanol–water partition coefficient (Wildman–Crippen LogP) is 3.56. The standard InChI is InChI=1S/C15H16N4OS.C2HF3O2/c1-10-18-13-5-4-12(7-14(13)21-10)19(2)15(20)6-3-11-8-16-9-17-11;3-2(4,5)1(6)7/h4-5,7-9H,3,6H2,1-2H3,(H,16,17);(H,6,7). The van der Waals surface area contributed by atoms with Crippen molar-refractivity contribution in [3.63, 3.8) is 0 Å². The average Bonchev–Trinajstić information content (AvgIpc) is 3.26. The fourth-order valence-corrected chi connectivity index (χ4v) is 3.07. The molecule has 2 N–H and O–H groups in total. The molecule has 0 bridgehead atoms. The molecule has 2 aromatic heterocycles. The van der Waals surface area contributed by atoms with Crippen molar-refractivity contribution in [1.82, 2.24) is 15.0 Å². The molecule has 7 nitrogen and oxygen atoms in total. The fourth-order valence-electron chi connectivity index (χ4n) is 2.21. The van der Waals surface area contributed by atoms with E-state index in [0.29, 0.717) is 12.8 Å². The molecule has 3 aromatic rings. The summed E-state index contributed by atoms with van der Waals surface area (Å²) < 4.78 is 32.8. The third-order valence-electron chi connectivity index (χ3n) is 3.65. The number of halogens is 3. The number of hydrogen-bond donors (Lipinski definition) is 2. The molecule has 0 aliphatic carbocycles. The summed E-state index contributed by atoms with van der Waals surface area (Å²) >= 11 is 1.64. The molecule has 1 amide bonds. The molecule has 2 heterocycles. The second kappa shape index (κ2) is 8.83. The normalized spacial score (nSPS) is 11.0. The lowest BCUT2D eigenvalue weighted by atomic mass is 10.2.